The highest BCUT2D eigenvalue weighted by molar-refractivity contribution is 5.65. The molecule has 0 fully saturated rings. The minimum absolute atomic E-state index is 0.484. The summed E-state index contributed by atoms with van der Waals surface area (Å²) in [5.41, 5.74) is 3.19. The normalized spacial score (nSPS) is 10.1. The third-order valence-electron chi connectivity index (χ3n) is 4.31. The van der Waals surface area contributed by atoms with Gasteiger partial charge in [0.25, 0.3) is 0 Å². The lowest BCUT2D eigenvalue weighted by Gasteiger charge is -2.12. The Morgan fingerprint density at radius 3 is 2.29 bits per heavy atom. The summed E-state index contributed by atoms with van der Waals surface area (Å²) >= 11 is 0. The van der Waals surface area contributed by atoms with E-state index in [0.29, 0.717) is 29.4 Å². The van der Waals surface area contributed by atoms with E-state index >= 15 is 0 Å². The van der Waals surface area contributed by atoms with Crippen molar-refractivity contribution >= 4 is 5.82 Å². The fourth-order valence-corrected chi connectivity index (χ4v) is 2.78. The molecule has 28 heavy (non-hydrogen) atoms. The Labute approximate surface area is 164 Å². The smallest absolute Gasteiger partial charge is 0.161 e. The molecule has 6 heteroatoms. The van der Waals surface area contributed by atoms with E-state index < -0.39 is 0 Å². The summed E-state index contributed by atoms with van der Waals surface area (Å²) < 4.78 is 15.8. The first-order chi connectivity index (χ1) is 13.7. The van der Waals surface area contributed by atoms with Crippen LogP contribution in [-0.2, 0) is 6.54 Å². The summed E-state index contributed by atoms with van der Waals surface area (Å²) in [5.74, 6) is 2.64. The predicted octanol–water partition coefficient (Wildman–Crippen LogP) is 4.26. The third kappa shape index (κ3) is 4.15. The summed E-state index contributed by atoms with van der Waals surface area (Å²) in [4.78, 5) is 4.63. The molecule has 0 aliphatic heterocycles. The minimum atomic E-state index is 0.484. The molecule has 3 rings (SSSR count). The molecule has 0 saturated carbocycles. The first kappa shape index (κ1) is 19.1. The van der Waals surface area contributed by atoms with Crippen LogP contribution in [0.3, 0.4) is 0 Å². The highest BCUT2D eigenvalue weighted by atomic mass is 16.5. The molecule has 142 valence electrons. The van der Waals surface area contributed by atoms with Crippen molar-refractivity contribution in [3.05, 3.63) is 65.7 Å². The second-order valence-electron chi connectivity index (χ2n) is 5.98. The number of ether oxygens (including phenoxy) is 3. The van der Waals surface area contributed by atoms with Crippen LogP contribution in [0.1, 0.15) is 11.1 Å². The van der Waals surface area contributed by atoms with Gasteiger partial charge in [0, 0.05) is 12.1 Å². The third-order valence-corrected chi connectivity index (χ3v) is 4.31. The Kier molecular flexibility index (Phi) is 5.97. The number of methoxy groups -OCH3 is 3. The molecule has 0 bridgehead atoms. The quantitative estimate of drug-likeness (QED) is 0.665. The van der Waals surface area contributed by atoms with Crippen molar-refractivity contribution in [2.24, 2.45) is 0 Å². The van der Waals surface area contributed by atoms with Gasteiger partial charge in [-0.3, -0.25) is 0 Å². The Hall–Kier alpha value is -3.72. The molecule has 2 aromatic carbocycles. The Morgan fingerprint density at radius 1 is 0.893 bits per heavy atom. The number of hydrogen-bond donors (Lipinski definition) is 1. The van der Waals surface area contributed by atoms with Crippen LogP contribution in [0.4, 0.5) is 5.82 Å². The van der Waals surface area contributed by atoms with Crippen LogP contribution < -0.4 is 19.5 Å². The number of anilines is 1. The van der Waals surface area contributed by atoms with Crippen LogP contribution in [0.25, 0.3) is 11.3 Å². The monoisotopic (exact) mass is 375 g/mol. The zero-order chi connectivity index (χ0) is 19.9. The van der Waals surface area contributed by atoms with Crippen LogP contribution in [0.5, 0.6) is 17.2 Å². The van der Waals surface area contributed by atoms with Crippen molar-refractivity contribution in [1.82, 2.24) is 4.98 Å². The standard InChI is InChI=1S/C22H21N3O3/c1-26-18-8-5-16(6-9-18)19-10-7-17(13-23)22(25-19)24-14-15-4-11-20(27-2)21(12-15)28-3/h4-12H,14H2,1-3H3,(H,24,25). The minimum Gasteiger partial charge on any atom is -0.497 e. The molecule has 1 aromatic heterocycles. The molecule has 1 heterocycles. The fraction of sp³-hybridized carbons (Fsp3) is 0.182. The summed E-state index contributed by atoms with van der Waals surface area (Å²) in [7, 11) is 4.83. The van der Waals surface area contributed by atoms with Gasteiger partial charge in [-0.25, -0.2) is 4.98 Å². The maximum atomic E-state index is 9.41. The van der Waals surface area contributed by atoms with E-state index in [4.69, 9.17) is 14.2 Å². The molecule has 0 aliphatic carbocycles. The van der Waals surface area contributed by atoms with Gasteiger partial charge in [0.05, 0.1) is 32.6 Å². The maximum Gasteiger partial charge on any atom is 0.161 e. The van der Waals surface area contributed by atoms with Crippen molar-refractivity contribution in [3.8, 4) is 34.6 Å². The molecule has 6 nitrogen and oxygen atoms in total. The van der Waals surface area contributed by atoms with Crippen molar-refractivity contribution < 1.29 is 14.2 Å². The maximum absolute atomic E-state index is 9.41. The molecule has 0 atom stereocenters. The number of nitrogens with zero attached hydrogens (tertiary/aromatic N) is 2. The van der Waals surface area contributed by atoms with Crippen LogP contribution in [0.2, 0.25) is 0 Å². The first-order valence-electron chi connectivity index (χ1n) is 8.69. The van der Waals surface area contributed by atoms with E-state index in [2.05, 4.69) is 16.4 Å². The Bertz CT molecular complexity index is 995. The lowest BCUT2D eigenvalue weighted by Crippen LogP contribution is -2.05. The van der Waals surface area contributed by atoms with Crippen LogP contribution in [-0.4, -0.2) is 26.3 Å². The van der Waals surface area contributed by atoms with Gasteiger partial charge in [-0.2, -0.15) is 5.26 Å². The molecule has 0 radical (unpaired) electrons. The predicted molar refractivity (Wildman–Crippen MR) is 108 cm³/mol. The Morgan fingerprint density at radius 2 is 1.64 bits per heavy atom. The van der Waals surface area contributed by atoms with Gasteiger partial charge in [-0.05, 0) is 54.1 Å². The van der Waals surface area contributed by atoms with Gasteiger partial charge in [-0.1, -0.05) is 6.07 Å². The highest BCUT2D eigenvalue weighted by Crippen LogP contribution is 2.28. The summed E-state index contributed by atoms with van der Waals surface area (Å²) in [5, 5.41) is 12.7. The van der Waals surface area contributed by atoms with Gasteiger partial charge >= 0.3 is 0 Å². The number of pyridine rings is 1. The lowest BCUT2D eigenvalue weighted by atomic mass is 10.1. The van der Waals surface area contributed by atoms with Crippen molar-refractivity contribution in [2.75, 3.05) is 26.6 Å². The molecular weight excluding hydrogens is 354 g/mol. The van der Waals surface area contributed by atoms with E-state index in [0.717, 1.165) is 22.6 Å². The topological polar surface area (TPSA) is 76.4 Å². The SMILES string of the molecule is COc1ccc(-c2ccc(C#N)c(NCc3ccc(OC)c(OC)c3)n2)cc1. The van der Waals surface area contributed by atoms with Crippen molar-refractivity contribution in [3.63, 3.8) is 0 Å². The van der Waals surface area contributed by atoms with Gasteiger partial charge in [0.2, 0.25) is 0 Å². The van der Waals surface area contributed by atoms with Gasteiger partial charge < -0.3 is 19.5 Å². The molecule has 0 spiro atoms. The fourth-order valence-electron chi connectivity index (χ4n) is 2.78. The van der Waals surface area contributed by atoms with Crippen molar-refractivity contribution in [2.45, 2.75) is 6.54 Å². The number of rotatable bonds is 7. The first-order valence-corrected chi connectivity index (χ1v) is 8.69. The highest BCUT2D eigenvalue weighted by Gasteiger charge is 2.09. The number of nitriles is 1. The average molecular weight is 375 g/mol. The molecule has 0 aliphatic rings. The molecule has 3 aromatic rings. The number of hydrogen-bond acceptors (Lipinski definition) is 6. The second kappa shape index (κ2) is 8.78. The van der Waals surface area contributed by atoms with E-state index in [1.165, 1.54) is 0 Å². The van der Waals surface area contributed by atoms with Crippen LogP contribution in [0.15, 0.2) is 54.6 Å². The number of nitrogens with one attached hydrogen (secondary N) is 1. The van der Waals surface area contributed by atoms with E-state index in [-0.39, 0.29) is 0 Å². The summed E-state index contributed by atoms with van der Waals surface area (Å²) in [6.45, 7) is 0.494. The van der Waals surface area contributed by atoms with Crippen LogP contribution in [0, 0.1) is 11.3 Å². The van der Waals surface area contributed by atoms with Crippen LogP contribution >= 0.6 is 0 Å². The van der Waals surface area contributed by atoms with Gasteiger partial charge in [0.15, 0.2) is 11.5 Å². The van der Waals surface area contributed by atoms with Crippen molar-refractivity contribution in [1.29, 1.82) is 5.26 Å². The zero-order valence-electron chi connectivity index (χ0n) is 16.0. The molecule has 0 amide bonds. The second-order valence-corrected chi connectivity index (χ2v) is 5.98. The summed E-state index contributed by atoms with van der Waals surface area (Å²) in [6.07, 6.45) is 0. The Balaban J connectivity index is 1.83. The largest absolute Gasteiger partial charge is 0.497 e. The van der Waals surface area contributed by atoms with Gasteiger partial charge in [-0.15, -0.1) is 0 Å². The average Bonchev–Trinajstić information content (AvgIpc) is 2.77. The molecular formula is C22H21N3O3. The van der Waals surface area contributed by atoms with E-state index in [1.54, 1.807) is 27.4 Å². The number of benzene rings is 2. The number of aromatic nitrogens is 1. The lowest BCUT2D eigenvalue weighted by molar-refractivity contribution is 0.354. The van der Waals surface area contributed by atoms with Gasteiger partial charge in [0.1, 0.15) is 17.6 Å². The van der Waals surface area contributed by atoms with E-state index in [1.807, 2.05) is 48.5 Å². The van der Waals surface area contributed by atoms with E-state index in [9.17, 15) is 5.26 Å². The summed E-state index contributed by atoms with van der Waals surface area (Å²) in [6, 6.07) is 19.1. The molecule has 0 saturated heterocycles. The zero-order valence-corrected chi connectivity index (χ0v) is 16.0. The molecule has 0 unspecified atom stereocenters. The molecule has 1 N–H and O–H groups in total.